The van der Waals surface area contributed by atoms with E-state index in [1.54, 1.807) is 0 Å². The van der Waals surface area contributed by atoms with Crippen LogP contribution in [-0.2, 0) is 6.61 Å². The minimum Gasteiger partial charge on any atom is -0.392 e. The average molecular weight is 405 g/mol. The van der Waals surface area contributed by atoms with E-state index in [9.17, 15) is 9.90 Å². The summed E-state index contributed by atoms with van der Waals surface area (Å²) in [6, 6.07) is 12.8. The van der Waals surface area contributed by atoms with E-state index in [2.05, 4.69) is 34.6 Å². The summed E-state index contributed by atoms with van der Waals surface area (Å²) in [7, 11) is 0. The fourth-order valence-electron chi connectivity index (χ4n) is 4.68. The van der Waals surface area contributed by atoms with Crippen LogP contribution >= 0.6 is 11.3 Å². The molecule has 1 unspecified atom stereocenters. The third kappa shape index (κ3) is 3.10. The number of pyridine rings is 1. The van der Waals surface area contributed by atoms with Gasteiger partial charge in [-0.1, -0.05) is 30.3 Å². The maximum atomic E-state index is 12.5. The monoisotopic (exact) mass is 404 g/mol. The van der Waals surface area contributed by atoms with Gasteiger partial charge in [0.2, 0.25) is 0 Å². The Morgan fingerprint density at radius 2 is 2.03 bits per heavy atom. The smallest absolute Gasteiger partial charge is 0.266 e. The first-order chi connectivity index (χ1) is 14.2. The highest BCUT2D eigenvalue weighted by Crippen LogP contribution is 2.38. The number of aromatic nitrogens is 1. The molecule has 4 nitrogen and oxygen atoms in total. The topological polar surface area (TPSA) is 65.1 Å². The molecule has 1 fully saturated rings. The molecule has 5 heteroatoms. The Hall–Kier alpha value is -2.47. The number of H-pyrrole nitrogens is 1. The van der Waals surface area contributed by atoms with Crippen molar-refractivity contribution in [2.45, 2.75) is 32.3 Å². The van der Waals surface area contributed by atoms with E-state index < -0.39 is 0 Å². The zero-order valence-corrected chi connectivity index (χ0v) is 17.2. The first-order valence-electron chi connectivity index (χ1n) is 10.1. The summed E-state index contributed by atoms with van der Waals surface area (Å²) in [5.41, 5.74) is 6.12. The lowest BCUT2D eigenvalue weighted by Crippen LogP contribution is -2.28. The van der Waals surface area contributed by atoms with E-state index >= 15 is 0 Å². The van der Waals surface area contributed by atoms with Gasteiger partial charge in [-0.05, 0) is 71.5 Å². The minimum atomic E-state index is -0.0477. The van der Waals surface area contributed by atoms with Gasteiger partial charge >= 0.3 is 0 Å². The maximum Gasteiger partial charge on any atom is 0.266 e. The highest BCUT2D eigenvalue weighted by atomic mass is 32.1. The van der Waals surface area contributed by atoms with Gasteiger partial charge in [-0.25, -0.2) is 0 Å². The van der Waals surface area contributed by atoms with Gasteiger partial charge < -0.3 is 15.4 Å². The number of aliphatic hydroxyl groups is 1. The Morgan fingerprint density at radius 3 is 2.76 bits per heavy atom. The summed E-state index contributed by atoms with van der Waals surface area (Å²) in [5, 5.41) is 17.6. The molecule has 1 saturated heterocycles. The summed E-state index contributed by atoms with van der Waals surface area (Å²) in [4.78, 5) is 15.6. The van der Waals surface area contributed by atoms with Crippen LogP contribution in [0.4, 0.5) is 0 Å². The lowest BCUT2D eigenvalue weighted by molar-refractivity contribution is 0.282. The number of hydrogen-bond donors (Lipinski definition) is 3. The van der Waals surface area contributed by atoms with Gasteiger partial charge in [0.15, 0.2) is 0 Å². The quantitative estimate of drug-likeness (QED) is 0.465. The normalized spacial score (nSPS) is 17.2. The van der Waals surface area contributed by atoms with Gasteiger partial charge in [-0.2, -0.15) is 0 Å². The van der Waals surface area contributed by atoms with Crippen molar-refractivity contribution in [3.05, 3.63) is 68.8 Å². The molecule has 2 aromatic heterocycles. The molecule has 5 rings (SSSR count). The lowest BCUT2D eigenvalue weighted by Gasteiger charge is -2.23. The molecule has 29 heavy (non-hydrogen) atoms. The van der Waals surface area contributed by atoms with Crippen LogP contribution in [-0.4, -0.2) is 23.2 Å². The second-order valence-corrected chi connectivity index (χ2v) is 8.83. The number of nitrogens with one attached hydrogen (secondary N) is 2. The van der Waals surface area contributed by atoms with Crippen molar-refractivity contribution in [1.82, 2.24) is 10.3 Å². The third-order valence-corrected chi connectivity index (χ3v) is 7.04. The molecule has 0 saturated carbocycles. The molecular weight excluding hydrogens is 380 g/mol. The number of fused-ring (bicyclic) bond motifs is 3. The summed E-state index contributed by atoms with van der Waals surface area (Å²) in [5.74, 6) is 0.560. The fraction of sp³-hybridized carbons (Fsp3) is 0.292. The molecule has 0 amide bonds. The van der Waals surface area contributed by atoms with Crippen LogP contribution in [0, 0.1) is 6.92 Å². The van der Waals surface area contributed by atoms with Crippen LogP contribution in [0.25, 0.3) is 32.1 Å². The predicted molar refractivity (Wildman–Crippen MR) is 121 cm³/mol. The summed E-state index contributed by atoms with van der Waals surface area (Å²) in [6.07, 6.45) is 2.44. The Labute approximate surface area is 173 Å². The molecule has 0 radical (unpaired) electrons. The number of hydrogen-bond acceptors (Lipinski definition) is 4. The SMILES string of the molecule is Cc1cc(CO)c(-c2ccc(C3CCCNC3)cc2)c2c1[nH]c(=O)c1sccc12. The number of rotatable bonds is 3. The molecule has 2 aromatic carbocycles. The van der Waals surface area contributed by atoms with Crippen LogP contribution in [0.15, 0.2) is 46.6 Å². The second kappa shape index (κ2) is 7.41. The van der Waals surface area contributed by atoms with Gasteiger partial charge in [0.25, 0.3) is 5.56 Å². The molecule has 0 bridgehead atoms. The first-order valence-corrected chi connectivity index (χ1v) is 11.0. The largest absolute Gasteiger partial charge is 0.392 e. The third-order valence-electron chi connectivity index (χ3n) is 6.12. The Bertz CT molecular complexity index is 1250. The summed E-state index contributed by atoms with van der Waals surface area (Å²) >= 11 is 1.46. The maximum absolute atomic E-state index is 12.5. The molecular formula is C24H24N2O2S. The highest BCUT2D eigenvalue weighted by Gasteiger charge is 2.19. The van der Waals surface area contributed by atoms with Gasteiger partial charge in [0, 0.05) is 17.3 Å². The van der Waals surface area contributed by atoms with Crippen LogP contribution < -0.4 is 10.9 Å². The van der Waals surface area contributed by atoms with Gasteiger partial charge in [-0.15, -0.1) is 11.3 Å². The Balaban J connectivity index is 1.74. The molecule has 1 aliphatic rings. The zero-order valence-electron chi connectivity index (χ0n) is 16.4. The Morgan fingerprint density at radius 1 is 1.21 bits per heavy atom. The second-order valence-electron chi connectivity index (χ2n) is 7.92. The number of aryl methyl sites for hydroxylation is 1. The Kier molecular flexibility index (Phi) is 4.74. The van der Waals surface area contributed by atoms with Crippen molar-refractivity contribution >= 4 is 32.3 Å². The van der Waals surface area contributed by atoms with Crippen molar-refractivity contribution < 1.29 is 5.11 Å². The number of thiophene rings is 1. The van der Waals surface area contributed by atoms with Gasteiger partial charge in [0.1, 0.15) is 4.70 Å². The van der Waals surface area contributed by atoms with Crippen LogP contribution in [0.1, 0.15) is 35.4 Å². The molecule has 3 heterocycles. The van der Waals surface area contributed by atoms with E-state index in [0.717, 1.165) is 56.3 Å². The molecule has 0 spiro atoms. The molecule has 3 N–H and O–H groups in total. The van der Waals surface area contributed by atoms with Crippen LogP contribution in [0.2, 0.25) is 0 Å². The fourth-order valence-corrected chi connectivity index (χ4v) is 5.48. The molecule has 1 atom stereocenters. The number of aromatic amines is 1. The van der Waals surface area contributed by atoms with Crippen LogP contribution in [0.5, 0.6) is 0 Å². The van der Waals surface area contributed by atoms with Crippen LogP contribution in [0.3, 0.4) is 0 Å². The van der Waals surface area contributed by atoms with E-state index in [1.165, 1.54) is 29.7 Å². The van der Waals surface area contributed by atoms with Crippen molar-refractivity contribution in [2.24, 2.45) is 0 Å². The number of piperidine rings is 1. The minimum absolute atomic E-state index is 0.0365. The van der Waals surface area contributed by atoms with Gasteiger partial charge in [0.05, 0.1) is 12.1 Å². The van der Waals surface area contributed by atoms with Crippen molar-refractivity contribution in [3.63, 3.8) is 0 Å². The first kappa shape index (κ1) is 18.6. The molecule has 1 aliphatic heterocycles. The van der Waals surface area contributed by atoms with Crippen molar-refractivity contribution in [2.75, 3.05) is 13.1 Å². The number of aliphatic hydroxyl groups excluding tert-OH is 1. The summed E-state index contributed by atoms with van der Waals surface area (Å²) < 4.78 is 0.734. The lowest BCUT2D eigenvalue weighted by atomic mass is 9.88. The van der Waals surface area contributed by atoms with E-state index in [1.807, 2.05) is 24.4 Å². The predicted octanol–water partition coefficient (Wildman–Crippen LogP) is 4.68. The van der Waals surface area contributed by atoms with E-state index in [-0.39, 0.29) is 12.2 Å². The molecule has 148 valence electrons. The highest BCUT2D eigenvalue weighted by molar-refractivity contribution is 7.17. The zero-order chi connectivity index (χ0) is 20.0. The standard InChI is InChI=1S/C24H24N2O2S/c1-14-11-18(13-27)20(21-19-8-10-29-23(19)24(28)26-22(14)21)16-6-4-15(5-7-16)17-3-2-9-25-12-17/h4-8,10-11,17,25,27H,2-3,9,12-13H2,1H3,(H,26,28). The summed E-state index contributed by atoms with van der Waals surface area (Å²) in [6.45, 7) is 4.09. The van der Waals surface area contributed by atoms with E-state index in [4.69, 9.17) is 0 Å². The molecule has 0 aliphatic carbocycles. The van der Waals surface area contributed by atoms with Crippen molar-refractivity contribution in [3.8, 4) is 11.1 Å². The van der Waals surface area contributed by atoms with Gasteiger partial charge in [-0.3, -0.25) is 4.79 Å². The average Bonchev–Trinajstić information content (AvgIpc) is 3.26. The molecule has 4 aromatic rings. The van der Waals surface area contributed by atoms with E-state index in [0.29, 0.717) is 5.92 Å². The number of benzene rings is 2. The van der Waals surface area contributed by atoms with Crippen molar-refractivity contribution in [1.29, 1.82) is 0 Å².